The Kier molecular flexibility index (Phi) is 4.24. The van der Waals surface area contributed by atoms with Crippen LogP contribution in [0, 0.1) is 0 Å². The summed E-state index contributed by atoms with van der Waals surface area (Å²) in [7, 11) is 0. The molecule has 2 fully saturated rings. The van der Waals surface area contributed by atoms with Crippen molar-refractivity contribution in [3.05, 3.63) is 29.3 Å². The molecule has 1 atom stereocenters. The molecule has 4 rings (SSSR count). The molecule has 3 aliphatic rings. The van der Waals surface area contributed by atoms with Crippen molar-refractivity contribution < 1.29 is 28.4 Å². The molecule has 146 valence electrons. The van der Waals surface area contributed by atoms with E-state index >= 15 is 0 Å². The molecule has 0 radical (unpaired) electrons. The molecule has 3 heterocycles. The van der Waals surface area contributed by atoms with E-state index in [0.29, 0.717) is 25.1 Å². The van der Waals surface area contributed by atoms with Gasteiger partial charge in [0.05, 0.1) is 11.1 Å². The number of alkyl halides is 1. The van der Waals surface area contributed by atoms with Crippen LogP contribution < -0.4 is 10.2 Å². The summed E-state index contributed by atoms with van der Waals surface area (Å²) in [4.78, 5) is 62.6. The van der Waals surface area contributed by atoms with Crippen LogP contribution in [0.3, 0.4) is 0 Å². The molecule has 1 aromatic rings. The number of imide groups is 2. The van der Waals surface area contributed by atoms with E-state index in [2.05, 4.69) is 5.32 Å². The molecule has 2 saturated heterocycles. The Morgan fingerprint density at radius 1 is 1.07 bits per heavy atom. The first kappa shape index (κ1) is 18.3. The molecule has 9 heteroatoms. The maximum Gasteiger partial charge on any atom is 0.262 e. The van der Waals surface area contributed by atoms with Gasteiger partial charge in [-0.1, -0.05) is 0 Å². The van der Waals surface area contributed by atoms with Crippen LogP contribution in [0.25, 0.3) is 0 Å². The largest absolute Gasteiger partial charge is 0.371 e. The number of nitrogens with one attached hydrogen (secondary N) is 1. The van der Waals surface area contributed by atoms with Crippen molar-refractivity contribution in [1.29, 1.82) is 0 Å². The molecule has 0 aromatic heterocycles. The Morgan fingerprint density at radius 2 is 1.75 bits per heavy atom. The Bertz CT molecular complexity index is 907. The molecule has 1 N–H and O–H groups in total. The quantitative estimate of drug-likeness (QED) is 0.602. The zero-order valence-corrected chi connectivity index (χ0v) is 14.9. The summed E-state index contributed by atoms with van der Waals surface area (Å²) in [5, 5.41) is 2.15. The standard InChI is InChI=1S/C19H18FN3O5/c20-19(10-24)5-7-22(8-6-19)11-1-2-12-13(9-11)18(28)23(17(12)27)14-3-4-15(25)21-16(14)26/h1-2,9-10,14H,3-8H2,(H,21,25,26). The highest BCUT2D eigenvalue weighted by atomic mass is 19.1. The predicted molar refractivity (Wildman–Crippen MR) is 94.5 cm³/mol. The van der Waals surface area contributed by atoms with Gasteiger partial charge < -0.3 is 4.90 Å². The first-order valence-electron chi connectivity index (χ1n) is 9.09. The first-order chi connectivity index (χ1) is 13.3. The third-order valence-electron chi connectivity index (χ3n) is 5.59. The lowest BCUT2D eigenvalue weighted by Crippen LogP contribution is -2.54. The van der Waals surface area contributed by atoms with E-state index in [1.807, 2.05) is 4.90 Å². The maximum absolute atomic E-state index is 14.1. The Hall–Kier alpha value is -3.10. The zero-order valence-electron chi connectivity index (χ0n) is 14.9. The van der Waals surface area contributed by atoms with E-state index < -0.39 is 35.3 Å². The lowest BCUT2D eigenvalue weighted by atomic mass is 9.94. The number of halogens is 1. The summed E-state index contributed by atoms with van der Waals surface area (Å²) in [6.07, 6.45) is 0.614. The molecule has 8 nitrogen and oxygen atoms in total. The van der Waals surface area contributed by atoms with Crippen molar-refractivity contribution >= 4 is 35.6 Å². The van der Waals surface area contributed by atoms with Crippen molar-refractivity contribution in [2.75, 3.05) is 18.0 Å². The minimum Gasteiger partial charge on any atom is -0.371 e. The minimum absolute atomic E-state index is 0.0584. The smallest absolute Gasteiger partial charge is 0.262 e. The first-order valence-corrected chi connectivity index (χ1v) is 9.09. The number of hydrogen-bond donors (Lipinski definition) is 1. The van der Waals surface area contributed by atoms with Crippen LogP contribution in [0.2, 0.25) is 0 Å². The lowest BCUT2D eigenvalue weighted by molar-refractivity contribution is -0.136. The van der Waals surface area contributed by atoms with Gasteiger partial charge in [0.25, 0.3) is 11.8 Å². The zero-order chi connectivity index (χ0) is 20.1. The van der Waals surface area contributed by atoms with Crippen LogP contribution in [0.15, 0.2) is 18.2 Å². The second-order valence-corrected chi connectivity index (χ2v) is 7.32. The summed E-state index contributed by atoms with van der Waals surface area (Å²) < 4.78 is 14.1. The molecule has 28 heavy (non-hydrogen) atoms. The van der Waals surface area contributed by atoms with E-state index in [9.17, 15) is 28.4 Å². The highest BCUT2D eigenvalue weighted by Crippen LogP contribution is 2.33. The summed E-state index contributed by atoms with van der Waals surface area (Å²) in [6, 6.07) is 3.74. The van der Waals surface area contributed by atoms with Gasteiger partial charge in [-0.3, -0.25) is 34.2 Å². The number of anilines is 1. The predicted octanol–water partition coefficient (Wildman–Crippen LogP) is 0.595. The Morgan fingerprint density at radius 3 is 2.39 bits per heavy atom. The third kappa shape index (κ3) is 2.87. The van der Waals surface area contributed by atoms with Crippen LogP contribution >= 0.6 is 0 Å². The van der Waals surface area contributed by atoms with E-state index in [1.165, 1.54) is 6.07 Å². The summed E-state index contributed by atoms with van der Waals surface area (Å²) in [6.45, 7) is 0.625. The molecule has 0 bridgehead atoms. The molecule has 1 unspecified atom stereocenters. The van der Waals surface area contributed by atoms with Crippen molar-refractivity contribution in [2.24, 2.45) is 0 Å². The van der Waals surface area contributed by atoms with Crippen molar-refractivity contribution in [2.45, 2.75) is 37.4 Å². The number of hydrogen-bond acceptors (Lipinski definition) is 6. The van der Waals surface area contributed by atoms with E-state index in [4.69, 9.17) is 0 Å². The van der Waals surface area contributed by atoms with Gasteiger partial charge in [0.2, 0.25) is 11.8 Å². The minimum atomic E-state index is -1.82. The van der Waals surface area contributed by atoms with Crippen LogP contribution in [0.1, 0.15) is 46.4 Å². The van der Waals surface area contributed by atoms with Gasteiger partial charge in [-0.25, -0.2) is 4.39 Å². The number of rotatable bonds is 3. The van der Waals surface area contributed by atoms with Gasteiger partial charge >= 0.3 is 0 Å². The second-order valence-electron chi connectivity index (χ2n) is 7.32. The van der Waals surface area contributed by atoms with Crippen molar-refractivity contribution in [1.82, 2.24) is 10.2 Å². The second kappa shape index (κ2) is 6.50. The normalized spacial score (nSPS) is 24.2. The van der Waals surface area contributed by atoms with Gasteiger partial charge in [0.1, 0.15) is 6.04 Å². The average Bonchev–Trinajstić information content (AvgIpc) is 2.93. The summed E-state index contributed by atoms with van der Waals surface area (Å²) in [5.74, 6) is -2.23. The molecule has 0 saturated carbocycles. The Balaban J connectivity index is 1.57. The van der Waals surface area contributed by atoms with E-state index in [0.717, 1.165) is 4.90 Å². The van der Waals surface area contributed by atoms with E-state index in [1.54, 1.807) is 12.1 Å². The monoisotopic (exact) mass is 387 g/mol. The summed E-state index contributed by atoms with van der Waals surface area (Å²) in [5.41, 5.74) is -0.789. The van der Waals surface area contributed by atoms with Crippen LogP contribution in [-0.4, -0.2) is 59.6 Å². The number of benzene rings is 1. The Labute approximate surface area is 159 Å². The molecule has 0 aliphatic carbocycles. The van der Waals surface area contributed by atoms with Crippen molar-refractivity contribution in [3.8, 4) is 0 Å². The van der Waals surface area contributed by atoms with Gasteiger partial charge in [-0.15, -0.1) is 0 Å². The number of fused-ring (bicyclic) bond motifs is 1. The number of amides is 4. The highest BCUT2D eigenvalue weighted by molar-refractivity contribution is 6.23. The van der Waals surface area contributed by atoms with Crippen LogP contribution in [0.5, 0.6) is 0 Å². The van der Waals surface area contributed by atoms with E-state index in [-0.39, 0.29) is 36.8 Å². The fourth-order valence-electron chi connectivity index (χ4n) is 3.91. The van der Waals surface area contributed by atoms with Crippen molar-refractivity contribution in [3.63, 3.8) is 0 Å². The van der Waals surface area contributed by atoms with Crippen LogP contribution in [-0.2, 0) is 14.4 Å². The average molecular weight is 387 g/mol. The molecule has 0 spiro atoms. The number of carbonyl (C=O) groups excluding carboxylic acids is 5. The number of nitrogens with zero attached hydrogens (tertiary/aromatic N) is 2. The maximum atomic E-state index is 14.1. The molecular formula is C19H18FN3O5. The fourth-order valence-corrected chi connectivity index (χ4v) is 3.91. The third-order valence-corrected chi connectivity index (χ3v) is 5.59. The topological polar surface area (TPSA) is 104 Å². The molecule has 3 aliphatic heterocycles. The highest BCUT2D eigenvalue weighted by Gasteiger charge is 2.45. The molecule has 1 aromatic carbocycles. The van der Waals surface area contributed by atoms with Gasteiger partial charge in [-0.2, -0.15) is 0 Å². The van der Waals surface area contributed by atoms with Gasteiger partial charge in [0.15, 0.2) is 12.0 Å². The number of carbonyl (C=O) groups is 5. The van der Waals surface area contributed by atoms with Crippen LogP contribution in [0.4, 0.5) is 10.1 Å². The van der Waals surface area contributed by atoms with Gasteiger partial charge in [-0.05, 0) is 24.6 Å². The SMILES string of the molecule is O=CC1(F)CCN(c2ccc3c(c2)C(=O)N(C2CCC(=O)NC2=O)C3=O)CC1. The lowest BCUT2D eigenvalue weighted by Gasteiger charge is -2.34. The summed E-state index contributed by atoms with van der Waals surface area (Å²) >= 11 is 0. The molecule has 4 amide bonds. The fraction of sp³-hybridized carbons (Fsp3) is 0.421. The molecular weight excluding hydrogens is 369 g/mol. The number of piperidine rings is 2. The number of aldehydes is 1. The van der Waals surface area contributed by atoms with Gasteiger partial charge in [0, 0.05) is 38.0 Å².